The molecule has 0 radical (unpaired) electrons. The minimum atomic E-state index is -4.73. The van der Waals surface area contributed by atoms with E-state index < -0.39 is 34.1 Å². The van der Waals surface area contributed by atoms with Crippen molar-refractivity contribution in [2.45, 2.75) is 75.8 Å². The van der Waals surface area contributed by atoms with E-state index in [0.717, 1.165) is 17.8 Å². The van der Waals surface area contributed by atoms with Crippen LogP contribution in [0, 0.1) is 0 Å². The third-order valence-electron chi connectivity index (χ3n) is 7.10. The summed E-state index contributed by atoms with van der Waals surface area (Å²) in [5.74, 6) is 0.164. The lowest BCUT2D eigenvalue weighted by Gasteiger charge is -2.45. The van der Waals surface area contributed by atoms with Gasteiger partial charge in [-0.3, -0.25) is 19.4 Å². The van der Waals surface area contributed by atoms with Crippen molar-refractivity contribution >= 4 is 46.2 Å². The fraction of sp³-hybridized carbons (Fsp3) is 0.519. The Morgan fingerprint density at radius 1 is 1.12 bits per heavy atom. The van der Waals surface area contributed by atoms with Crippen LogP contribution in [0.1, 0.15) is 51.8 Å². The Labute approximate surface area is 244 Å². The first kappa shape index (κ1) is 29.4. The minimum Gasteiger partial charge on any atom is -0.444 e. The van der Waals surface area contributed by atoms with Crippen molar-refractivity contribution in [3.63, 3.8) is 0 Å². The number of halogens is 4. The van der Waals surface area contributed by atoms with Crippen LogP contribution in [0.25, 0.3) is 10.9 Å². The summed E-state index contributed by atoms with van der Waals surface area (Å²) < 4.78 is 49.7. The number of anilines is 1. The number of benzene rings is 1. The van der Waals surface area contributed by atoms with Crippen LogP contribution in [0.15, 0.2) is 34.3 Å². The van der Waals surface area contributed by atoms with E-state index in [1.165, 1.54) is 17.0 Å². The lowest BCUT2D eigenvalue weighted by Crippen LogP contribution is -2.59. The van der Waals surface area contributed by atoms with Crippen LogP contribution in [-0.2, 0) is 17.5 Å². The van der Waals surface area contributed by atoms with E-state index in [2.05, 4.69) is 15.0 Å². The fourth-order valence-electron chi connectivity index (χ4n) is 5.45. The summed E-state index contributed by atoms with van der Waals surface area (Å²) in [5.41, 5.74) is -1.36. The summed E-state index contributed by atoms with van der Waals surface area (Å²) in [6, 6.07) is 0.249. The second-order valence-corrected chi connectivity index (χ2v) is 12.8. The Morgan fingerprint density at radius 3 is 2.39 bits per heavy atom. The van der Waals surface area contributed by atoms with Gasteiger partial charge in [0.25, 0.3) is 0 Å². The summed E-state index contributed by atoms with van der Waals surface area (Å²) in [5, 5.41) is -0.273. The van der Waals surface area contributed by atoms with Crippen LogP contribution < -0.4 is 10.6 Å². The fourth-order valence-corrected chi connectivity index (χ4v) is 7.10. The number of alkyl halides is 3. The van der Waals surface area contributed by atoms with Crippen molar-refractivity contribution in [2.75, 3.05) is 23.7 Å². The van der Waals surface area contributed by atoms with Crippen LogP contribution >= 0.6 is 23.4 Å². The second kappa shape index (κ2) is 10.6. The van der Waals surface area contributed by atoms with Crippen LogP contribution in [-0.4, -0.2) is 67.0 Å². The van der Waals surface area contributed by atoms with Gasteiger partial charge in [-0.2, -0.15) is 18.2 Å². The Bertz CT molecular complexity index is 1530. The molecular weight excluding hydrogens is 581 g/mol. The van der Waals surface area contributed by atoms with Gasteiger partial charge in [-0.05, 0) is 40.7 Å². The highest BCUT2D eigenvalue weighted by Crippen LogP contribution is 2.47. The first-order valence-electron chi connectivity index (χ1n) is 13.1. The van der Waals surface area contributed by atoms with E-state index in [1.807, 2.05) is 13.8 Å². The Balaban J connectivity index is 1.63. The molecule has 0 bridgehead atoms. The molecule has 220 valence electrons. The molecule has 3 atom stereocenters. The van der Waals surface area contributed by atoms with Gasteiger partial charge in [0.05, 0.1) is 38.8 Å². The Morgan fingerprint density at radius 2 is 1.80 bits per heavy atom. The largest absolute Gasteiger partial charge is 0.444 e. The monoisotopic (exact) mass is 610 g/mol. The quantitative estimate of drug-likeness (QED) is 0.371. The lowest BCUT2D eigenvalue weighted by atomic mass is 10.1. The Kier molecular flexibility index (Phi) is 7.64. The molecule has 0 unspecified atom stereocenters. The number of carbonyl (C=O) groups excluding carboxylic acids is 1. The second-order valence-electron chi connectivity index (χ2n) is 11.4. The molecule has 1 saturated heterocycles. The first-order chi connectivity index (χ1) is 19.2. The molecule has 14 heteroatoms. The van der Waals surface area contributed by atoms with Gasteiger partial charge in [0.2, 0.25) is 0 Å². The molecule has 0 aliphatic carbocycles. The van der Waals surface area contributed by atoms with Gasteiger partial charge >= 0.3 is 18.0 Å². The van der Waals surface area contributed by atoms with Crippen LogP contribution in [0.5, 0.6) is 0 Å². The molecule has 9 nitrogen and oxygen atoms in total. The van der Waals surface area contributed by atoms with Crippen molar-refractivity contribution < 1.29 is 22.7 Å². The summed E-state index contributed by atoms with van der Waals surface area (Å²) in [6.07, 6.45) is -0.559. The number of carbonyl (C=O) groups is 1. The van der Waals surface area contributed by atoms with Crippen molar-refractivity contribution in [2.24, 2.45) is 0 Å². The highest BCUT2D eigenvalue weighted by molar-refractivity contribution is 7.99. The van der Waals surface area contributed by atoms with Crippen LogP contribution in [0.2, 0.25) is 5.02 Å². The molecule has 2 aromatic heterocycles. The number of amides is 1. The molecule has 1 amide bonds. The van der Waals surface area contributed by atoms with E-state index in [0.29, 0.717) is 17.0 Å². The van der Waals surface area contributed by atoms with Crippen molar-refractivity contribution in [1.29, 1.82) is 0 Å². The van der Waals surface area contributed by atoms with E-state index in [-0.39, 0.29) is 53.7 Å². The minimum absolute atomic E-state index is 0.130. The number of hydrogen-bond acceptors (Lipinski definition) is 8. The van der Waals surface area contributed by atoms with E-state index in [9.17, 15) is 22.8 Å². The van der Waals surface area contributed by atoms with Gasteiger partial charge < -0.3 is 9.64 Å². The average Bonchev–Trinajstić information content (AvgIpc) is 3.07. The number of ether oxygens (including phenoxy) is 1. The maximum absolute atomic E-state index is 14.2. The molecule has 4 heterocycles. The SMILES string of the molecule is C[C@@H]1CN(c2nc(=O)n3c4c(c(Cl)c(C(F)(F)F)cc24)SC[C@@H](c2cnccn2)C3)C[C@H](C)N1C(=O)OC(C)(C)C. The van der Waals surface area contributed by atoms with Crippen molar-refractivity contribution in [1.82, 2.24) is 24.4 Å². The molecule has 3 aromatic rings. The first-order valence-corrected chi connectivity index (χ1v) is 14.5. The molecule has 2 aliphatic heterocycles. The third-order valence-corrected chi connectivity index (χ3v) is 8.86. The van der Waals surface area contributed by atoms with Crippen molar-refractivity contribution in [3.05, 3.63) is 51.4 Å². The topological polar surface area (TPSA) is 93.5 Å². The zero-order valence-corrected chi connectivity index (χ0v) is 24.8. The lowest BCUT2D eigenvalue weighted by molar-refractivity contribution is -0.137. The number of rotatable bonds is 2. The van der Waals surface area contributed by atoms with E-state index in [1.54, 1.807) is 36.8 Å². The maximum Gasteiger partial charge on any atom is 0.417 e. The number of aromatic nitrogens is 4. The predicted octanol–water partition coefficient (Wildman–Crippen LogP) is 5.58. The summed E-state index contributed by atoms with van der Waals surface area (Å²) in [6.45, 7) is 9.63. The summed E-state index contributed by atoms with van der Waals surface area (Å²) in [4.78, 5) is 42.8. The summed E-state index contributed by atoms with van der Waals surface area (Å²) >= 11 is 7.57. The highest BCUT2D eigenvalue weighted by atomic mass is 35.5. The molecule has 41 heavy (non-hydrogen) atoms. The smallest absolute Gasteiger partial charge is 0.417 e. The van der Waals surface area contributed by atoms with Gasteiger partial charge in [0, 0.05) is 55.3 Å². The van der Waals surface area contributed by atoms with Gasteiger partial charge in [0.1, 0.15) is 11.4 Å². The van der Waals surface area contributed by atoms with E-state index in [4.69, 9.17) is 16.3 Å². The zero-order valence-electron chi connectivity index (χ0n) is 23.2. The number of hydrogen-bond donors (Lipinski definition) is 0. The molecule has 1 fully saturated rings. The molecular formula is C27H30ClF3N6O3S. The third kappa shape index (κ3) is 5.70. The highest BCUT2D eigenvalue weighted by Gasteiger charge is 2.40. The van der Waals surface area contributed by atoms with Crippen LogP contribution in [0.3, 0.4) is 0 Å². The number of nitrogens with zero attached hydrogens (tertiary/aromatic N) is 6. The standard InChI is InChI=1S/C27H30ClF3N6O3S/c1-14-10-35(11-15(2)37(14)25(39)40-26(3,4)5)23-17-8-18(27(29,30)31)20(28)22-21(17)36(24(38)34-23)12-16(13-41-22)19-9-32-6-7-33-19/h6-9,14-16H,10-13H2,1-5H3/t14-,15+,16-/m0/s1. The molecule has 0 saturated carbocycles. The van der Waals surface area contributed by atoms with Crippen molar-refractivity contribution in [3.8, 4) is 0 Å². The van der Waals surface area contributed by atoms with Gasteiger partial charge in [-0.25, -0.2) is 9.59 Å². The summed E-state index contributed by atoms with van der Waals surface area (Å²) in [7, 11) is 0. The predicted molar refractivity (Wildman–Crippen MR) is 151 cm³/mol. The average molecular weight is 611 g/mol. The number of piperazine rings is 1. The van der Waals surface area contributed by atoms with Gasteiger partial charge in [-0.15, -0.1) is 11.8 Å². The normalized spacial score (nSPS) is 21.6. The van der Waals surface area contributed by atoms with Crippen LogP contribution in [0.4, 0.5) is 23.8 Å². The van der Waals surface area contributed by atoms with Gasteiger partial charge in [0.15, 0.2) is 0 Å². The molecule has 0 spiro atoms. The van der Waals surface area contributed by atoms with E-state index >= 15 is 0 Å². The molecule has 1 aromatic carbocycles. The van der Waals surface area contributed by atoms with Gasteiger partial charge in [-0.1, -0.05) is 11.6 Å². The zero-order chi connectivity index (χ0) is 29.9. The number of thioether (sulfide) groups is 1. The molecule has 2 aliphatic rings. The Hall–Kier alpha value is -3.06. The molecule has 0 N–H and O–H groups in total. The maximum atomic E-state index is 14.2. The molecule has 5 rings (SSSR count).